The fourth-order valence-electron chi connectivity index (χ4n) is 2.20. The molecule has 3 rings (SSSR count). The number of benzene rings is 1. The Morgan fingerprint density at radius 1 is 1.21 bits per heavy atom. The summed E-state index contributed by atoms with van der Waals surface area (Å²) in [6.45, 7) is 0. The van der Waals surface area contributed by atoms with Crippen LogP contribution in [-0.2, 0) is 11.2 Å². The summed E-state index contributed by atoms with van der Waals surface area (Å²) in [6, 6.07) is 13.8. The lowest BCUT2D eigenvalue weighted by molar-refractivity contribution is -0.119. The van der Waals surface area contributed by atoms with Crippen molar-refractivity contribution in [3.63, 3.8) is 0 Å². The number of rotatable bonds is 3. The van der Waals surface area contributed by atoms with Gasteiger partial charge in [0.1, 0.15) is 0 Å². The molecule has 4 nitrogen and oxygen atoms in total. The van der Waals surface area contributed by atoms with Gasteiger partial charge in [-0.05, 0) is 24.3 Å². The predicted molar refractivity (Wildman–Crippen MR) is 75.6 cm³/mol. The van der Waals surface area contributed by atoms with Crippen LogP contribution in [-0.4, -0.2) is 22.6 Å². The summed E-state index contributed by atoms with van der Waals surface area (Å²) in [4.78, 5) is 15.3. The molecule has 1 N–H and O–H groups in total. The highest BCUT2D eigenvalue weighted by Crippen LogP contribution is 2.15. The van der Waals surface area contributed by atoms with E-state index in [0.29, 0.717) is 6.42 Å². The Kier molecular flexibility index (Phi) is 2.83. The van der Waals surface area contributed by atoms with E-state index in [9.17, 15) is 4.79 Å². The van der Waals surface area contributed by atoms with Crippen LogP contribution < -0.4 is 5.01 Å². The number of nitrogens with one attached hydrogen (secondary N) is 1. The number of H-pyrrole nitrogens is 1. The van der Waals surface area contributed by atoms with E-state index in [4.69, 9.17) is 0 Å². The smallest absolute Gasteiger partial charge is 0.247 e. The maximum atomic E-state index is 12.2. The van der Waals surface area contributed by atoms with Crippen LogP contribution in [0.4, 0.5) is 0 Å². The molecule has 0 radical (unpaired) electrons. The number of fused-ring (bicyclic) bond motifs is 1. The lowest BCUT2D eigenvalue weighted by atomic mass is 10.2. The summed E-state index contributed by atoms with van der Waals surface area (Å²) < 4.78 is 1.88. The van der Waals surface area contributed by atoms with Crippen LogP contribution in [0, 0.1) is 0 Å². The van der Waals surface area contributed by atoms with Crippen LogP contribution in [0.1, 0.15) is 5.69 Å². The van der Waals surface area contributed by atoms with Gasteiger partial charge in [-0.1, -0.05) is 18.2 Å². The molecule has 0 aliphatic heterocycles. The van der Waals surface area contributed by atoms with Gasteiger partial charge in [-0.3, -0.25) is 14.5 Å². The standard InChI is InChI=1S/C15H15N3O/c1-17(15(19)11-13-6-4-9-16-13)18-10-8-12-5-2-3-7-14(12)18/h2-10,16H,11H2,1H3. The topological polar surface area (TPSA) is 41.0 Å². The van der Waals surface area contributed by atoms with Crippen molar-refractivity contribution < 1.29 is 4.79 Å². The Labute approximate surface area is 111 Å². The van der Waals surface area contributed by atoms with E-state index in [1.807, 2.05) is 59.5 Å². The monoisotopic (exact) mass is 253 g/mol. The molecule has 1 amide bonds. The van der Waals surface area contributed by atoms with E-state index in [1.165, 1.54) is 0 Å². The second-order valence-electron chi connectivity index (χ2n) is 4.51. The third-order valence-corrected chi connectivity index (χ3v) is 3.27. The summed E-state index contributed by atoms with van der Waals surface area (Å²) in [5.74, 6) is 0.0452. The number of aromatic nitrogens is 2. The Morgan fingerprint density at radius 3 is 2.84 bits per heavy atom. The number of hydrogen-bond acceptors (Lipinski definition) is 1. The van der Waals surface area contributed by atoms with Gasteiger partial charge in [0.25, 0.3) is 0 Å². The molecule has 96 valence electrons. The van der Waals surface area contributed by atoms with Crippen molar-refractivity contribution in [2.45, 2.75) is 6.42 Å². The molecule has 4 heteroatoms. The molecule has 0 bridgehead atoms. The second kappa shape index (κ2) is 4.65. The normalized spacial score (nSPS) is 10.8. The van der Waals surface area contributed by atoms with E-state index < -0.39 is 0 Å². The molecule has 1 aromatic carbocycles. The first kappa shape index (κ1) is 11.6. The quantitative estimate of drug-likeness (QED) is 0.764. The average Bonchev–Trinajstić information content (AvgIpc) is 3.06. The highest BCUT2D eigenvalue weighted by Gasteiger charge is 2.13. The highest BCUT2D eigenvalue weighted by molar-refractivity contribution is 5.90. The van der Waals surface area contributed by atoms with E-state index in [1.54, 1.807) is 12.1 Å². The molecule has 0 unspecified atom stereocenters. The van der Waals surface area contributed by atoms with E-state index in [-0.39, 0.29) is 5.91 Å². The third-order valence-electron chi connectivity index (χ3n) is 3.27. The third kappa shape index (κ3) is 2.12. The summed E-state index contributed by atoms with van der Waals surface area (Å²) in [5, 5.41) is 2.77. The van der Waals surface area contributed by atoms with Gasteiger partial charge in [0.2, 0.25) is 5.91 Å². The predicted octanol–water partition coefficient (Wildman–Crippen LogP) is 2.31. The minimum absolute atomic E-state index is 0.0452. The molecule has 0 saturated carbocycles. The van der Waals surface area contributed by atoms with Crippen LogP contribution >= 0.6 is 0 Å². The van der Waals surface area contributed by atoms with Gasteiger partial charge < -0.3 is 4.98 Å². The zero-order valence-corrected chi connectivity index (χ0v) is 10.7. The number of carbonyl (C=O) groups excluding carboxylic acids is 1. The molecule has 2 aromatic heterocycles. The number of para-hydroxylation sites is 1. The summed E-state index contributed by atoms with van der Waals surface area (Å²) >= 11 is 0. The van der Waals surface area contributed by atoms with Gasteiger partial charge in [0.05, 0.1) is 11.9 Å². The summed E-state index contributed by atoms with van der Waals surface area (Å²) in [7, 11) is 1.79. The van der Waals surface area contributed by atoms with Crippen molar-refractivity contribution in [2.75, 3.05) is 12.1 Å². The Balaban J connectivity index is 1.87. The van der Waals surface area contributed by atoms with Gasteiger partial charge in [-0.2, -0.15) is 0 Å². The van der Waals surface area contributed by atoms with Gasteiger partial charge >= 0.3 is 0 Å². The molecule has 0 spiro atoms. The zero-order chi connectivity index (χ0) is 13.2. The lowest BCUT2D eigenvalue weighted by Crippen LogP contribution is -2.37. The maximum Gasteiger partial charge on any atom is 0.247 e. The van der Waals surface area contributed by atoms with E-state index in [2.05, 4.69) is 4.98 Å². The van der Waals surface area contributed by atoms with Crippen molar-refractivity contribution in [1.29, 1.82) is 0 Å². The first-order valence-corrected chi connectivity index (χ1v) is 6.21. The van der Waals surface area contributed by atoms with Crippen molar-refractivity contribution in [3.8, 4) is 0 Å². The summed E-state index contributed by atoms with van der Waals surface area (Å²) in [6.07, 6.45) is 4.11. The molecule has 0 aliphatic carbocycles. The first-order chi connectivity index (χ1) is 9.25. The van der Waals surface area contributed by atoms with Crippen molar-refractivity contribution in [2.24, 2.45) is 0 Å². The maximum absolute atomic E-state index is 12.2. The van der Waals surface area contributed by atoms with E-state index in [0.717, 1.165) is 16.6 Å². The minimum Gasteiger partial charge on any atom is -0.365 e. The SMILES string of the molecule is CN(C(=O)Cc1ccc[nH]1)n1ccc2ccccc21. The molecule has 2 heterocycles. The number of hydrogen-bond donors (Lipinski definition) is 1. The molecule has 0 aliphatic rings. The molecular formula is C15H15N3O. The van der Waals surface area contributed by atoms with Crippen LogP contribution in [0.3, 0.4) is 0 Å². The second-order valence-corrected chi connectivity index (χ2v) is 4.51. The molecule has 3 aromatic rings. The van der Waals surface area contributed by atoms with Crippen molar-refractivity contribution in [3.05, 3.63) is 60.6 Å². The molecule has 0 fully saturated rings. The Morgan fingerprint density at radius 2 is 2.05 bits per heavy atom. The minimum atomic E-state index is 0.0452. The molecule has 0 atom stereocenters. The Bertz CT molecular complexity index is 697. The van der Waals surface area contributed by atoms with Gasteiger partial charge in [-0.15, -0.1) is 0 Å². The number of aromatic amines is 1. The van der Waals surface area contributed by atoms with Crippen LogP contribution in [0.5, 0.6) is 0 Å². The number of carbonyl (C=O) groups is 1. The van der Waals surface area contributed by atoms with Crippen molar-refractivity contribution >= 4 is 16.8 Å². The lowest BCUT2D eigenvalue weighted by Gasteiger charge is -2.19. The van der Waals surface area contributed by atoms with Gasteiger partial charge in [0, 0.05) is 30.5 Å². The Hall–Kier alpha value is -2.49. The zero-order valence-electron chi connectivity index (χ0n) is 10.7. The number of nitrogens with zero attached hydrogens (tertiary/aromatic N) is 2. The average molecular weight is 253 g/mol. The van der Waals surface area contributed by atoms with Gasteiger partial charge in [-0.25, -0.2) is 0 Å². The van der Waals surface area contributed by atoms with Gasteiger partial charge in [0.15, 0.2) is 0 Å². The van der Waals surface area contributed by atoms with E-state index >= 15 is 0 Å². The van der Waals surface area contributed by atoms with Crippen molar-refractivity contribution in [1.82, 2.24) is 9.66 Å². The largest absolute Gasteiger partial charge is 0.365 e. The molecule has 19 heavy (non-hydrogen) atoms. The van der Waals surface area contributed by atoms with Crippen LogP contribution in [0.25, 0.3) is 10.9 Å². The van der Waals surface area contributed by atoms with Crippen LogP contribution in [0.15, 0.2) is 54.9 Å². The fraction of sp³-hybridized carbons (Fsp3) is 0.133. The molecular weight excluding hydrogens is 238 g/mol. The first-order valence-electron chi connectivity index (χ1n) is 6.21. The number of likely N-dealkylation sites (N-methyl/N-ethyl adjacent to an activating group) is 1. The number of amides is 1. The fourth-order valence-corrected chi connectivity index (χ4v) is 2.20. The highest BCUT2D eigenvalue weighted by atomic mass is 16.2. The molecule has 0 saturated heterocycles. The summed E-state index contributed by atoms with van der Waals surface area (Å²) in [5.41, 5.74) is 1.96. The van der Waals surface area contributed by atoms with Crippen LogP contribution in [0.2, 0.25) is 0 Å².